The number of fused-ring (bicyclic) bond motifs is 2. The Morgan fingerprint density at radius 1 is 1.04 bits per heavy atom. The Morgan fingerprint density at radius 2 is 1.79 bits per heavy atom. The molecule has 0 saturated carbocycles. The summed E-state index contributed by atoms with van der Waals surface area (Å²) in [5.74, 6) is 1.16. The summed E-state index contributed by atoms with van der Waals surface area (Å²) in [4.78, 5) is 29.5. The number of aldehydes is 1. The third-order valence-corrected chi connectivity index (χ3v) is 4.93. The smallest absolute Gasteiger partial charge is 0.253 e. The molecule has 3 aromatic rings. The third-order valence-electron chi connectivity index (χ3n) is 4.93. The van der Waals surface area contributed by atoms with Gasteiger partial charge >= 0.3 is 0 Å². The van der Waals surface area contributed by atoms with E-state index in [1.54, 1.807) is 31.1 Å². The molecule has 1 aliphatic rings. The van der Waals surface area contributed by atoms with E-state index in [4.69, 9.17) is 9.72 Å². The van der Waals surface area contributed by atoms with Crippen LogP contribution >= 0.6 is 0 Å². The van der Waals surface area contributed by atoms with Crippen LogP contribution in [0, 0.1) is 0 Å². The number of amides is 1. The van der Waals surface area contributed by atoms with Gasteiger partial charge in [-0.3, -0.25) is 4.79 Å². The molecule has 1 atom stereocenters. The number of ether oxygens (including phenoxy) is 1. The van der Waals surface area contributed by atoms with Crippen LogP contribution in [0.1, 0.15) is 33.8 Å². The molecule has 1 aliphatic heterocycles. The first kappa shape index (κ1) is 17.9. The number of aromatic nitrogens is 1. The van der Waals surface area contributed by atoms with Crippen LogP contribution in [0.2, 0.25) is 0 Å². The van der Waals surface area contributed by atoms with Gasteiger partial charge in [-0.2, -0.15) is 0 Å². The van der Waals surface area contributed by atoms with Gasteiger partial charge in [-0.15, -0.1) is 0 Å². The molecular formula is C23H20N2O3. The summed E-state index contributed by atoms with van der Waals surface area (Å²) in [6.07, 6.45) is 1.32. The summed E-state index contributed by atoms with van der Waals surface area (Å²) in [7, 11) is 3.46. The van der Waals surface area contributed by atoms with Crippen molar-refractivity contribution in [1.82, 2.24) is 9.88 Å². The Labute approximate surface area is 163 Å². The van der Waals surface area contributed by atoms with E-state index in [1.165, 1.54) is 0 Å². The van der Waals surface area contributed by atoms with E-state index in [1.807, 2.05) is 48.5 Å². The van der Waals surface area contributed by atoms with E-state index in [2.05, 4.69) is 0 Å². The molecule has 5 nitrogen and oxygen atoms in total. The summed E-state index contributed by atoms with van der Waals surface area (Å²) in [5.41, 5.74) is 4.19. The highest BCUT2D eigenvalue weighted by atomic mass is 16.5. The minimum atomic E-state index is -0.0564. The van der Waals surface area contributed by atoms with Gasteiger partial charge in [-0.25, -0.2) is 4.98 Å². The maximum Gasteiger partial charge on any atom is 0.253 e. The second-order valence-corrected chi connectivity index (χ2v) is 6.96. The maximum absolute atomic E-state index is 12.1. The molecule has 2 aromatic carbocycles. The van der Waals surface area contributed by atoms with Crippen LogP contribution in [0.25, 0.3) is 11.3 Å². The molecule has 1 aromatic heterocycles. The average molecular weight is 372 g/mol. The maximum atomic E-state index is 12.1. The molecule has 0 bridgehead atoms. The molecule has 4 rings (SSSR count). The van der Waals surface area contributed by atoms with Gasteiger partial charge in [0, 0.05) is 48.7 Å². The Kier molecular flexibility index (Phi) is 4.65. The van der Waals surface area contributed by atoms with E-state index in [0.717, 1.165) is 34.4 Å². The molecule has 0 saturated heterocycles. The molecule has 5 heteroatoms. The zero-order valence-electron chi connectivity index (χ0n) is 15.8. The van der Waals surface area contributed by atoms with Gasteiger partial charge in [0.05, 0.1) is 5.69 Å². The lowest BCUT2D eigenvalue weighted by Gasteiger charge is -2.26. The fraction of sp³-hybridized carbons (Fsp3) is 0.174. The van der Waals surface area contributed by atoms with Crippen molar-refractivity contribution in [2.24, 2.45) is 0 Å². The fourth-order valence-corrected chi connectivity index (χ4v) is 3.48. The van der Waals surface area contributed by atoms with Crippen molar-refractivity contribution in [3.63, 3.8) is 0 Å². The molecule has 2 heterocycles. The average Bonchev–Trinajstić information content (AvgIpc) is 2.72. The van der Waals surface area contributed by atoms with Crippen molar-refractivity contribution < 1.29 is 14.3 Å². The number of nitrogens with zero attached hydrogens (tertiary/aromatic N) is 2. The Balaban J connectivity index is 1.70. The van der Waals surface area contributed by atoms with Crippen LogP contribution in [0.4, 0.5) is 0 Å². The SMILES string of the molecule is CN(C)C(=O)c1ccc(-c2ccc3c(n2)Oc2ccccc2C3CC=O)cc1. The molecule has 1 amide bonds. The zero-order chi connectivity index (χ0) is 19.7. The number of pyridine rings is 1. The van der Waals surface area contributed by atoms with E-state index in [9.17, 15) is 9.59 Å². The van der Waals surface area contributed by atoms with E-state index < -0.39 is 0 Å². The molecule has 0 spiro atoms. The molecule has 140 valence electrons. The number of rotatable bonds is 4. The molecule has 1 unspecified atom stereocenters. The Hall–Kier alpha value is -3.47. The molecule has 28 heavy (non-hydrogen) atoms. The van der Waals surface area contributed by atoms with E-state index in [-0.39, 0.29) is 11.8 Å². The summed E-state index contributed by atoms with van der Waals surface area (Å²) in [6.45, 7) is 0. The highest BCUT2D eigenvalue weighted by Crippen LogP contribution is 2.44. The van der Waals surface area contributed by atoms with Gasteiger partial charge in [0.25, 0.3) is 5.91 Å². The summed E-state index contributed by atoms with van der Waals surface area (Å²) < 4.78 is 6.02. The topological polar surface area (TPSA) is 59.5 Å². The number of benzene rings is 2. The second-order valence-electron chi connectivity index (χ2n) is 6.96. The Morgan fingerprint density at radius 3 is 2.50 bits per heavy atom. The van der Waals surface area contributed by atoms with Gasteiger partial charge in [0.2, 0.25) is 5.88 Å². The van der Waals surface area contributed by atoms with E-state index >= 15 is 0 Å². The van der Waals surface area contributed by atoms with Crippen LogP contribution in [-0.2, 0) is 4.79 Å². The second kappa shape index (κ2) is 7.27. The van der Waals surface area contributed by atoms with Crippen LogP contribution < -0.4 is 4.74 Å². The van der Waals surface area contributed by atoms with Crippen LogP contribution in [-0.4, -0.2) is 36.2 Å². The number of para-hydroxylation sites is 1. The highest BCUT2D eigenvalue weighted by Gasteiger charge is 2.28. The lowest BCUT2D eigenvalue weighted by atomic mass is 9.87. The first-order valence-electron chi connectivity index (χ1n) is 9.12. The van der Waals surface area contributed by atoms with Gasteiger partial charge in [-0.1, -0.05) is 36.4 Å². The van der Waals surface area contributed by atoms with Crippen molar-refractivity contribution in [3.05, 3.63) is 77.4 Å². The zero-order valence-corrected chi connectivity index (χ0v) is 15.8. The minimum absolute atomic E-state index is 0.0402. The summed E-state index contributed by atoms with van der Waals surface area (Å²) in [6, 6.07) is 19.0. The molecule has 0 N–H and O–H groups in total. The largest absolute Gasteiger partial charge is 0.438 e. The van der Waals surface area contributed by atoms with Crippen molar-refractivity contribution in [2.75, 3.05) is 14.1 Å². The number of hydrogen-bond donors (Lipinski definition) is 0. The first-order chi connectivity index (χ1) is 13.6. The predicted octanol–water partition coefficient (Wildman–Crippen LogP) is 4.28. The number of carbonyl (C=O) groups excluding carboxylic acids is 2. The van der Waals surface area contributed by atoms with Crippen LogP contribution in [0.15, 0.2) is 60.7 Å². The van der Waals surface area contributed by atoms with Crippen molar-refractivity contribution >= 4 is 12.2 Å². The molecule has 0 radical (unpaired) electrons. The minimum Gasteiger partial charge on any atom is -0.438 e. The lowest BCUT2D eigenvalue weighted by Crippen LogP contribution is -2.21. The van der Waals surface area contributed by atoms with Crippen LogP contribution in [0.5, 0.6) is 11.6 Å². The quantitative estimate of drug-likeness (QED) is 0.642. The predicted molar refractivity (Wildman–Crippen MR) is 107 cm³/mol. The third kappa shape index (κ3) is 3.16. The monoisotopic (exact) mass is 372 g/mol. The lowest BCUT2D eigenvalue weighted by molar-refractivity contribution is -0.108. The Bertz CT molecular complexity index is 1040. The normalized spacial score (nSPS) is 14.4. The summed E-state index contributed by atoms with van der Waals surface area (Å²) >= 11 is 0. The van der Waals surface area contributed by atoms with Crippen molar-refractivity contribution in [1.29, 1.82) is 0 Å². The molecule has 0 fully saturated rings. The molecule has 0 aliphatic carbocycles. The number of carbonyl (C=O) groups is 2. The fourth-order valence-electron chi connectivity index (χ4n) is 3.48. The van der Waals surface area contributed by atoms with Gasteiger partial charge in [0.1, 0.15) is 12.0 Å². The molecular weight excluding hydrogens is 352 g/mol. The first-order valence-corrected chi connectivity index (χ1v) is 9.12. The number of hydrogen-bond acceptors (Lipinski definition) is 4. The van der Waals surface area contributed by atoms with Crippen LogP contribution in [0.3, 0.4) is 0 Å². The van der Waals surface area contributed by atoms with Gasteiger partial charge in [-0.05, 0) is 24.3 Å². The van der Waals surface area contributed by atoms with Gasteiger partial charge < -0.3 is 14.4 Å². The standard InChI is InChI=1S/C23H20N2O3/c1-25(2)23(27)16-9-7-15(8-10-16)20-12-11-19-17(13-14-26)18-5-3-4-6-21(18)28-22(19)24-20/h3-12,14,17H,13H2,1-2H3. The van der Waals surface area contributed by atoms with Gasteiger partial charge in [0.15, 0.2) is 0 Å². The summed E-state index contributed by atoms with van der Waals surface area (Å²) in [5, 5.41) is 0. The highest BCUT2D eigenvalue weighted by molar-refractivity contribution is 5.94. The van der Waals surface area contributed by atoms with Crippen molar-refractivity contribution in [2.45, 2.75) is 12.3 Å². The van der Waals surface area contributed by atoms with Crippen molar-refractivity contribution in [3.8, 4) is 22.9 Å². The van der Waals surface area contributed by atoms with E-state index in [0.29, 0.717) is 17.9 Å².